The highest BCUT2D eigenvalue weighted by Gasteiger charge is 2.09. The van der Waals surface area contributed by atoms with Crippen molar-refractivity contribution in [3.63, 3.8) is 0 Å². The molecule has 0 spiro atoms. The van der Waals surface area contributed by atoms with Gasteiger partial charge in [0.1, 0.15) is 0 Å². The van der Waals surface area contributed by atoms with Crippen LogP contribution in [0.5, 0.6) is 0 Å². The van der Waals surface area contributed by atoms with Gasteiger partial charge in [-0.05, 0) is 30.7 Å². The predicted octanol–water partition coefficient (Wildman–Crippen LogP) is 0.229. The molecule has 0 aromatic carbocycles. The number of hydrogen-bond acceptors (Lipinski definition) is 4. The van der Waals surface area contributed by atoms with Gasteiger partial charge in [-0.15, -0.1) is 0 Å². The zero-order valence-electron chi connectivity index (χ0n) is 8.60. The van der Waals surface area contributed by atoms with Crippen molar-refractivity contribution in [2.45, 2.75) is 24.9 Å². The van der Waals surface area contributed by atoms with Crippen LogP contribution in [0.25, 0.3) is 0 Å². The van der Waals surface area contributed by atoms with Crippen LogP contribution < -0.4 is 10.5 Å². The first-order valence-corrected chi connectivity index (χ1v) is 6.27. The summed E-state index contributed by atoms with van der Waals surface area (Å²) in [6, 6.07) is 3.25. The molecule has 1 aromatic rings. The Hall–Kier alpha value is -0.980. The molecule has 1 heterocycles. The van der Waals surface area contributed by atoms with E-state index >= 15 is 0 Å². The van der Waals surface area contributed by atoms with Crippen molar-refractivity contribution in [2.24, 2.45) is 5.14 Å². The second-order valence-electron chi connectivity index (χ2n) is 3.22. The van der Waals surface area contributed by atoms with Gasteiger partial charge < -0.3 is 5.32 Å². The maximum absolute atomic E-state index is 11.0. The fraction of sp³-hybridized carbons (Fsp3) is 0.444. The molecule has 6 heteroatoms. The number of nitrogens with zero attached hydrogens (tertiary/aromatic N) is 1. The zero-order valence-corrected chi connectivity index (χ0v) is 9.42. The normalized spacial score (nSPS) is 11.6. The Bertz CT molecular complexity index is 417. The van der Waals surface area contributed by atoms with Crippen molar-refractivity contribution < 1.29 is 8.42 Å². The molecule has 0 radical (unpaired) electrons. The molecule has 0 atom stereocenters. The number of nitrogens with two attached hydrogens (primary N) is 1. The largest absolute Gasteiger partial charge is 0.313 e. The number of rotatable bonds is 5. The van der Waals surface area contributed by atoms with Crippen molar-refractivity contribution in [3.8, 4) is 0 Å². The van der Waals surface area contributed by atoms with E-state index in [0.717, 1.165) is 18.5 Å². The number of hydrogen-bond donors (Lipinski definition) is 2. The Morgan fingerprint density at radius 2 is 2.27 bits per heavy atom. The standard InChI is InChI=1S/C9H15N3O2S/c1-2-4-11-7-8-3-5-12-9(6-8)15(10,13)14/h3,5-6,11H,2,4,7H2,1H3,(H2,10,13,14). The molecule has 0 aliphatic carbocycles. The predicted molar refractivity (Wildman–Crippen MR) is 57.6 cm³/mol. The fourth-order valence-electron chi connectivity index (χ4n) is 1.13. The molecule has 0 aliphatic heterocycles. The maximum atomic E-state index is 11.0. The molecule has 0 bridgehead atoms. The molecule has 5 nitrogen and oxygen atoms in total. The highest BCUT2D eigenvalue weighted by Crippen LogP contribution is 2.05. The SMILES string of the molecule is CCCNCc1ccnc(S(N)(=O)=O)c1. The van der Waals surface area contributed by atoms with E-state index < -0.39 is 10.0 Å². The Labute approximate surface area is 89.8 Å². The molecule has 0 aliphatic rings. The van der Waals surface area contributed by atoms with Crippen LogP contribution >= 0.6 is 0 Å². The van der Waals surface area contributed by atoms with Gasteiger partial charge in [-0.3, -0.25) is 0 Å². The van der Waals surface area contributed by atoms with Crippen LogP contribution in [0.1, 0.15) is 18.9 Å². The van der Waals surface area contributed by atoms with Crippen molar-refractivity contribution in [1.82, 2.24) is 10.3 Å². The van der Waals surface area contributed by atoms with Gasteiger partial charge in [0.25, 0.3) is 10.0 Å². The van der Waals surface area contributed by atoms with Crippen LogP contribution in [0.3, 0.4) is 0 Å². The highest BCUT2D eigenvalue weighted by atomic mass is 32.2. The summed E-state index contributed by atoms with van der Waals surface area (Å²) in [5.74, 6) is 0. The van der Waals surface area contributed by atoms with Crippen LogP contribution in [0.2, 0.25) is 0 Å². The quantitative estimate of drug-likeness (QED) is 0.708. The first-order chi connectivity index (χ1) is 7.04. The number of aromatic nitrogens is 1. The molecule has 0 fully saturated rings. The Kier molecular flexibility index (Phi) is 4.19. The van der Waals surface area contributed by atoms with Gasteiger partial charge in [0, 0.05) is 12.7 Å². The molecule has 3 N–H and O–H groups in total. The van der Waals surface area contributed by atoms with E-state index in [1.54, 1.807) is 6.07 Å². The van der Waals surface area contributed by atoms with E-state index in [2.05, 4.69) is 17.2 Å². The van der Waals surface area contributed by atoms with Gasteiger partial charge in [0.2, 0.25) is 0 Å². The third-order valence-electron chi connectivity index (χ3n) is 1.85. The molecule has 0 unspecified atom stereocenters. The van der Waals surface area contributed by atoms with E-state index in [4.69, 9.17) is 5.14 Å². The van der Waals surface area contributed by atoms with Crippen molar-refractivity contribution in [3.05, 3.63) is 23.9 Å². The second kappa shape index (κ2) is 5.20. The van der Waals surface area contributed by atoms with Gasteiger partial charge in [0.15, 0.2) is 5.03 Å². The molecule has 1 aromatic heterocycles. The van der Waals surface area contributed by atoms with Crippen molar-refractivity contribution in [1.29, 1.82) is 0 Å². The second-order valence-corrected chi connectivity index (χ2v) is 4.73. The van der Waals surface area contributed by atoms with Crippen LogP contribution in [0, 0.1) is 0 Å². The first-order valence-electron chi connectivity index (χ1n) is 4.72. The lowest BCUT2D eigenvalue weighted by molar-refractivity contribution is 0.593. The summed E-state index contributed by atoms with van der Waals surface area (Å²) in [6.07, 6.45) is 2.48. The number of primary sulfonamides is 1. The fourth-order valence-corrected chi connectivity index (χ4v) is 1.65. The molecule has 84 valence electrons. The van der Waals surface area contributed by atoms with Gasteiger partial charge in [-0.25, -0.2) is 18.5 Å². The Morgan fingerprint density at radius 3 is 2.87 bits per heavy atom. The third kappa shape index (κ3) is 3.94. The van der Waals surface area contributed by atoms with Crippen LogP contribution in [0.15, 0.2) is 23.4 Å². The van der Waals surface area contributed by atoms with E-state index in [1.807, 2.05) is 0 Å². The zero-order chi connectivity index (χ0) is 11.3. The van der Waals surface area contributed by atoms with Gasteiger partial charge in [-0.1, -0.05) is 6.92 Å². The van der Waals surface area contributed by atoms with Crippen LogP contribution in [0.4, 0.5) is 0 Å². The average molecular weight is 229 g/mol. The highest BCUT2D eigenvalue weighted by molar-refractivity contribution is 7.89. The van der Waals surface area contributed by atoms with E-state index in [0.29, 0.717) is 6.54 Å². The summed E-state index contributed by atoms with van der Waals surface area (Å²) >= 11 is 0. The first kappa shape index (κ1) is 12.1. The summed E-state index contributed by atoms with van der Waals surface area (Å²) in [7, 11) is -3.69. The smallest absolute Gasteiger partial charge is 0.255 e. The summed E-state index contributed by atoms with van der Waals surface area (Å²) in [4.78, 5) is 3.70. The molecular formula is C9H15N3O2S. The Morgan fingerprint density at radius 1 is 1.53 bits per heavy atom. The van der Waals surface area contributed by atoms with Gasteiger partial charge in [0.05, 0.1) is 0 Å². The summed E-state index contributed by atoms with van der Waals surface area (Å²) in [5, 5.41) is 8.05. The topological polar surface area (TPSA) is 85.1 Å². The lowest BCUT2D eigenvalue weighted by Gasteiger charge is -2.04. The lowest BCUT2D eigenvalue weighted by atomic mass is 10.3. The van der Waals surface area contributed by atoms with Crippen molar-refractivity contribution in [2.75, 3.05) is 6.54 Å². The Balaban J connectivity index is 2.75. The third-order valence-corrected chi connectivity index (χ3v) is 2.65. The summed E-state index contributed by atoms with van der Waals surface area (Å²) < 4.78 is 22.0. The number of nitrogens with one attached hydrogen (secondary N) is 1. The minimum absolute atomic E-state index is 0.0849. The van der Waals surface area contributed by atoms with E-state index in [-0.39, 0.29) is 5.03 Å². The maximum Gasteiger partial charge on any atom is 0.255 e. The van der Waals surface area contributed by atoms with Crippen LogP contribution in [-0.2, 0) is 16.6 Å². The summed E-state index contributed by atoms with van der Waals surface area (Å²) in [5.41, 5.74) is 0.863. The summed E-state index contributed by atoms with van der Waals surface area (Å²) in [6.45, 7) is 3.58. The molecule has 1 rings (SSSR count). The van der Waals surface area contributed by atoms with E-state index in [9.17, 15) is 8.42 Å². The van der Waals surface area contributed by atoms with E-state index in [1.165, 1.54) is 12.3 Å². The minimum atomic E-state index is -3.69. The van der Waals surface area contributed by atoms with Gasteiger partial charge >= 0.3 is 0 Å². The average Bonchev–Trinajstić information content (AvgIpc) is 2.17. The molecule has 15 heavy (non-hydrogen) atoms. The monoisotopic (exact) mass is 229 g/mol. The lowest BCUT2D eigenvalue weighted by Crippen LogP contribution is -2.17. The number of pyridine rings is 1. The van der Waals surface area contributed by atoms with Crippen molar-refractivity contribution >= 4 is 10.0 Å². The molecule has 0 amide bonds. The minimum Gasteiger partial charge on any atom is -0.313 e. The molecule has 0 saturated carbocycles. The van der Waals surface area contributed by atoms with Gasteiger partial charge in [-0.2, -0.15) is 0 Å². The molecular weight excluding hydrogens is 214 g/mol. The molecule has 0 saturated heterocycles. The van der Waals surface area contributed by atoms with Crippen LogP contribution in [-0.4, -0.2) is 19.9 Å². The number of sulfonamides is 1.